The van der Waals surface area contributed by atoms with E-state index in [1.165, 1.54) is 27.4 Å². The molecule has 0 saturated carbocycles. The van der Waals surface area contributed by atoms with Crippen LogP contribution in [0.25, 0.3) is 21.8 Å². The SMILES string of the molecule is Cc1c(NC(=O)N(C)C2CCN(Cc3ccccc3)C2)ccc2c1c1ccccc1n2C(C)C. The summed E-state index contributed by atoms with van der Waals surface area (Å²) in [5.74, 6) is 0. The molecule has 2 amide bonds. The molecule has 3 aromatic carbocycles. The maximum Gasteiger partial charge on any atom is 0.321 e. The van der Waals surface area contributed by atoms with Crippen LogP contribution in [-0.4, -0.2) is 46.6 Å². The number of carbonyl (C=O) groups is 1. The molecule has 5 heteroatoms. The number of para-hydroxylation sites is 1. The minimum Gasteiger partial charge on any atom is -0.338 e. The molecular weight excluding hydrogens is 420 g/mol. The van der Waals surface area contributed by atoms with Crippen LogP contribution in [-0.2, 0) is 6.54 Å². The number of rotatable bonds is 5. The maximum atomic E-state index is 13.2. The first-order valence-electron chi connectivity index (χ1n) is 12.3. The van der Waals surface area contributed by atoms with Gasteiger partial charge in [-0.05, 0) is 56.5 Å². The van der Waals surface area contributed by atoms with Crippen LogP contribution in [0.3, 0.4) is 0 Å². The Morgan fingerprint density at radius 2 is 1.76 bits per heavy atom. The van der Waals surface area contributed by atoms with Crippen LogP contribution in [0.15, 0.2) is 66.7 Å². The summed E-state index contributed by atoms with van der Waals surface area (Å²) in [4.78, 5) is 17.5. The molecule has 1 aliphatic rings. The van der Waals surface area contributed by atoms with Crippen LogP contribution in [0.5, 0.6) is 0 Å². The molecule has 34 heavy (non-hydrogen) atoms. The number of nitrogens with one attached hydrogen (secondary N) is 1. The van der Waals surface area contributed by atoms with Crippen LogP contribution in [0.4, 0.5) is 10.5 Å². The van der Waals surface area contributed by atoms with Crippen LogP contribution < -0.4 is 5.32 Å². The third kappa shape index (κ3) is 4.05. The predicted octanol–water partition coefficient (Wildman–Crippen LogP) is 6.42. The number of fused-ring (bicyclic) bond motifs is 3. The average molecular weight is 455 g/mol. The van der Waals surface area contributed by atoms with Crippen molar-refractivity contribution in [3.05, 3.63) is 77.9 Å². The molecular formula is C29H34N4O. The molecule has 5 nitrogen and oxygen atoms in total. The summed E-state index contributed by atoms with van der Waals surface area (Å²) < 4.78 is 2.38. The molecule has 0 bridgehead atoms. The lowest BCUT2D eigenvalue weighted by molar-refractivity contribution is 0.201. The fourth-order valence-corrected chi connectivity index (χ4v) is 5.44. The molecule has 1 saturated heterocycles. The lowest BCUT2D eigenvalue weighted by atomic mass is 10.1. The van der Waals surface area contributed by atoms with Gasteiger partial charge in [-0.15, -0.1) is 0 Å². The van der Waals surface area contributed by atoms with Gasteiger partial charge >= 0.3 is 6.03 Å². The number of benzene rings is 3. The monoisotopic (exact) mass is 454 g/mol. The number of anilines is 1. The quantitative estimate of drug-likeness (QED) is 0.378. The summed E-state index contributed by atoms with van der Waals surface area (Å²) in [7, 11) is 1.92. The molecule has 0 radical (unpaired) electrons. The van der Waals surface area contributed by atoms with E-state index in [-0.39, 0.29) is 12.1 Å². The Balaban J connectivity index is 1.34. The summed E-state index contributed by atoms with van der Waals surface area (Å²) in [5.41, 5.74) is 5.77. The fraction of sp³-hybridized carbons (Fsp3) is 0.345. The number of urea groups is 1. The summed E-state index contributed by atoms with van der Waals surface area (Å²) in [6.07, 6.45) is 0.997. The molecule has 176 valence electrons. The predicted molar refractivity (Wildman–Crippen MR) is 141 cm³/mol. The van der Waals surface area contributed by atoms with Gasteiger partial charge in [0.05, 0.1) is 0 Å². The second kappa shape index (κ2) is 9.15. The van der Waals surface area contributed by atoms with E-state index in [4.69, 9.17) is 0 Å². The Morgan fingerprint density at radius 1 is 1.03 bits per heavy atom. The van der Waals surface area contributed by atoms with Crippen LogP contribution in [0, 0.1) is 6.92 Å². The van der Waals surface area contributed by atoms with Crippen molar-refractivity contribution in [2.24, 2.45) is 0 Å². The topological polar surface area (TPSA) is 40.5 Å². The standard InChI is InChI=1S/C29H34N4O/c1-20(2)33-26-13-9-8-12-24(26)28-21(3)25(14-15-27(28)33)30-29(34)31(4)23-16-17-32(19-23)18-22-10-6-5-7-11-22/h5-15,20,23H,16-19H2,1-4H3,(H,30,34). The molecule has 1 aliphatic heterocycles. The number of nitrogens with zero attached hydrogens (tertiary/aromatic N) is 3. The third-order valence-corrected chi connectivity index (χ3v) is 7.26. The molecule has 1 unspecified atom stereocenters. The molecule has 2 heterocycles. The van der Waals surface area contributed by atoms with Crippen molar-refractivity contribution in [1.29, 1.82) is 0 Å². The number of carbonyl (C=O) groups excluding carboxylic acids is 1. The highest BCUT2D eigenvalue weighted by atomic mass is 16.2. The lowest BCUT2D eigenvalue weighted by Crippen LogP contribution is -2.41. The number of hydrogen-bond acceptors (Lipinski definition) is 2. The van der Waals surface area contributed by atoms with Crippen molar-refractivity contribution in [3.8, 4) is 0 Å². The average Bonchev–Trinajstić information content (AvgIpc) is 3.43. The highest BCUT2D eigenvalue weighted by molar-refractivity contribution is 6.12. The smallest absolute Gasteiger partial charge is 0.321 e. The summed E-state index contributed by atoms with van der Waals surface area (Å²) in [6.45, 7) is 9.40. The van der Waals surface area contributed by atoms with Gasteiger partial charge in [-0.25, -0.2) is 4.79 Å². The van der Waals surface area contributed by atoms with E-state index in [1.54, 1.807) is 0 Å². The van der Waals surface area contributed by atoms with E-state index in [1.807, 2.05) is 18.0 Å². The molecule has 4 aromatic rings. The van der Waals surface area contributed by atoms with Gasteiger partial charge in [0.25, 0.3) is 0 Å². The Hall–Kier alpha value is -3.31. The number of aryl methyl sites for hydroxylation is 1. The van der Waals surface area contributed by atoms with Crippen molar-refractivity contribution < 1.29 is 4.79 Å². The molecule has 1 N–H and O–H groups in total. The van der Waals surface area contributed by atoms with Crippen molar-refractivity contribution >= 4 is 33.5 Å². The number of aromatic nitrogens is 1. The number of amides is 2. The summed E-state index contributed by atoms with van der Waals surface area (Å²) in [6, 6.07) is 23.8. The minimum atomic E-state index is -0.0402. The Bertz CT molecular complexity index is 1320. The lowest BCUT2D eigenvalue weighted by Gasteiger charge is -2.26. The third-order valence-electron chi connectivity index (χ3n) is 7.26. The Labute approximate surface area is 202 Å². The highest BCUT2D eigenvalue weighted by Crippen LogP contribution is 2.36. The number of hydrogen-bond donors (Lipinski definition) is 1. The van der Waals surface area contributed by atoms with Gasteiger partial charge in [0, 0.05) is 66.3 Å². The fourth-order valence-electron chi connectivity index (χ4n) is 5.44. The van der Waals surface area contributed by atoms with Crippen LogP contribution in [0.1, 0.15) is 37.4 Å². The normalized spacial score (nSPS) is 16.6. The maximum absolute atomic E-state index is 13.2. The molecule has 1 fully saturated rings. The van der Waals surface area contributed by atoms with Crippen molar-refractivity contribution in [1.82, 2.24) is 14.4 Å². The van der Waals surface area contributed by atoms with Gasteiger partial charge in [-0.3, -0.25) is 4.90 Å². The van der Waals surface area contributed by atoms with Gasteiger partial charge in [0.1, 0.15) is 0 Å². The second-order valence-electron chi connectivity index (χ2n) is 9.82. The van der Waals surface area contributed by atoms with Gasteiger partial charge in [0.2, 0.25) is 0 Å². The summed E-state index contributed by atoms with van der Waals surface area (Å²) in [5, 5.41) is 5.66. The first-order chi connectivity index (χ1) is 16.4. The number of likely N-dealkylation sites (tertiary alicyclic amines) is 1. The summed E-state index contributed by atoms with van der Waals surface area (Å²) >= 11 is 0. The van der Waals surface area contributed by atoms with E-state index < -0.39 is 0 Å². The Morgan fingerprint density at radius 3 is 2.53 bits per heavy atom. The van der Waals surface area contributed by atoms with Crippen LogP contribution in [0.2, 0.25) is 0 Å². The highest BCUT2D eigenvalue weighted by Gasteiger charge is 2.28. The van der Waals surface area contributed by atoms with Gasteiger partial charge in [0.15, 0.2) is 0 Å². The van der Waals surface area contributed by atoms with E-state index in [9.17, 15) is 4.79 Å². The van der Waals surface area contributed by atoms with E-state index in [2.05, 4.69) is 96.2 Å². The van der Waals surface area contributed by atoms with Gasteiger partial charge < -0.3 is 14.8 Å². The zero-order valence-corrected chi connectivity index (χ0v) is 20.6. The van der Waals surface area contributed by atoms with Crippen LogP contribution >= 0.6 is 0 Å². The molecule has 0 spiro atoms. The van der Waals surface area contributed by atoms with Crippen molar-refractivity contribution in [2.75, 3.05) is 25.5 Å². The van der Waals surface area contributed by atoms with Gasteiger partial charge in [-0.1, -0.05) is 48.5 Å². The minimum absolute atomic E-state index is 0.0402. The molecule has 1 aromatic heterocycles. The zero-order chi connectivity index (χ0) is 23.8. The molecule has 1 atom stereocenters. The Kier molecular flexibility index (Phi) is 6.05. The van der Waals surface area contributed by atoms with E-state index in [0.29, 0.717) is 6.04 Å². The van der Waals surface area contributed by atoms with Crippen molar-refractivity contribution in [2.45, 2.75) is 45.8 Å². The second-order valence-corrected chi connectivity index (χ2v) is 9.82. The largest absolute Gasteiger partial charge is 0.338 e. The molecule has 5 rings (SSSR count). The van der Waals surface area contributed by atoms with Gasteiger partial charge in [-0.2, -0.15) is 0 Å². The number of likely N-dealkylation sites (N-methyl/N-ethyl adjacent to an activating group) is 1. The molecule has 0 aliphatic carbocycles. The van der Waals surface area contributed by atoms with E-state index in [0.717, 1.165) is 37.3 Å². The van der Waals surface area contributed by atoms with Crippen molar-refractivity contribution in [3.63, 3.8) is 0 Å². The first kappa shape index (κ1) is 22.5. The zero-order valence-electron chi connectivity index (χ0n) is 20.6. The van der Waals surface area contributed by atoms with E-state index >= 15 is 0 Å². The first-order valence-corrected chi connectivity index (χ1v) is 12.3.